The Morgan fingerprint density at radius 3 is 2.45 bits per heavy atom. The van der Waals surface area contributed by atoms with E-state index in [1.54, 1.807) is 13.2 Å². The van der Waals surface area contributed by atoms with Gasteiger partial charge in [0.25, 0.3) is 0 Å². The molecule has 1 unspecified atom stereocenters. The van der Waals surface area contributed by atoms with Gasteiger partial charge in [-0.25, -0.2) is 9.28 Å². The predicted octanol–water partition coefficient (Wildman–Crippen LogP) is -2.40. The summed E-state index contributed by atoms with van der Waals surface area (Å²) in [5.41, 5.74) is 5.15. The molecule has 0 radical (unpaired) electrons. The fourth-order valence-corrected chi connectivity index (χ4v) is 0.822. The molecule has 1 aliphatic heterocycles. The lowest BCUT2D eigenvalue weighted by atomic mass is 10.3. The van der Waals surface area contributed by atoms with E-state index in [0.717, 1.165) is 0 Å². The highest BCUT2D eigenvalue weighted by atomic mass is 35.5. The van der Waals surface area contributed by atoms with Gasteiger partial charge in [0.05, 0.1) is 7.05 Å². The molecule has 62 valence electrons. The van der Waals surface area contributed by atoms with Crippen molar-refractivity contribution in [2.45, 2.75) is 0 Å². The van der Waals surface area contributed by atoms with Gasteiger partial charge in [-0.15, -0.1) is 0 Å². The highest BCUT2D eigenvalue weighted by molar-refractivity contribution is 5.65. The number of allylic oxidation sites excluding steroid dienone is 2. The van der Waals surface area contributed by atoms with Crippen molar-refractivity contribution in [1.82, 2.24) is 0 Å². The lowest BCUT2D eigenvalue weighted by Gasteiger charge is -2.24. The molecule has 0 bridgehead atoms. The zero-order valence-electron chi connectivity index (χ0n) is 6.33. The summed E-state index contributed by atoms with van der Waals surface area (Å²) in [4.78, 5) is 10.8. The van der Waals surface area contributed by atoms with Crippen molar-refractivity contribution < 1.29 is 21.7 Å². The number of quaternary nitrogens is 1. The molecule has 2 N–H and O–H groups in total. The van der Waals surface area contributed by atoms with Crippen LogP contribution in [0, 0.1) is 0 Å². The van der Waals surface area contributed by atoms with E-state index >= 15 is 0 Å². The van der Waals surface area contributed by atoms with Gasteiger partial charge in [-0.3, -0.25) is 0 Å². The molecule has 1 rings (SSSR count). The van der Waals surface area contributed by atoms with Gasteiger partial charge in [-0.05, 0) is 12.2 Å². The van der Waals surface area contributed by atoms with E-state index in [9.17, 15) is 4.79 Å². The minimum Gasteiger partial charge on any atom is -1.00 e. The van der Waals surface area contributed by atoms with Crippen LogP contribution in [0.2, 0.25) is 0 Å². The number of nitrogens with zero attached hydrogens (tertiary/aromatic N) is 1. The lowest BCUT2D eigenvalue weighted by molar-refractivity contribution is -0.768. The van der Waals surface area contributed by atoms with Crippen LogP contribution in [-0.4, -0.2) is 24.1 Å². The number of hydrogen-bond donors (Lipinski definition) is 1. The smallest absolute Gasteiger partial charge is 0.418 e. The van der Waals surface area contributed by atoms with Crippen molar-refractivity contribution >= 4 is 6.03 Å². The number of amides is 2. The van der Waals surface area contributed by atoms with Gasteiger partial charge in [0, 0.05) is 0 Å². The zero-order chi connectivity index (χ0) is 7.61. The highest BCUT2D eigenvalue weighted by Crippen LogP contribution is 2.07. The highest BCUT2D eigenvalue weighted by Gasteiger charge is 2.25. The number of urea groups is 1. The monoisotopic (exact) mass is 174 g/mol. The standard InChI is InChI=1S/C7H10N2O.ClH/c1-9(7(8)10)5-3-2-4-6-9;/h2-5H,6H2,1H3,(H-,8,10);1H. The number of nitrogens with two attached hydrogens (primary N) is 1. The van der Waals surface area contributed by atoms with Crippen molar-refractivity contribution in [2.24, 2.45) is 5.73 Å². The number of rotatable bonds is 0. The number of carbonyl (C=O) groups excluding carboxylic acids is 1. The number of primary amides is 1. The summed E-state index contributed by atoms with van der Waals surface area (Å²) in [5.74, 6) is 0. The van der Waals surface area contributed by atoms with E-state index < -0.39 is 0 Å². The first-order valence-corrected chi connectivity index (χ1v) is 3.15. The average molecular weight is 175 g/mol. The Labute approximate surface area is 72.2 Å². The molecule has 1 aliphatic rings. The summed E-state index contributed by atoms with van der Waals surface area (Å²) in [6, 6.07) is -0.319. The second-order valence-corrected chi connectivity index (χ2v) is 2.56. The first-order valence-electron chi connectivity index (χ1n) is 3.15. The van der Waals surface area contributed by atoms with Crippen molar-refractivity contribution in [3.05, 3.63) is 24.4 Å². The minimum absolute atomic E-state index is 0. The Morgan fingerprint density at radius 1 is 1.55 bits per heavy atom. The molecule has 0 aromatic rings. The molecule has 0 saturated carbocycles. The SMILES string of the molecule is C[N+]1(C(N)=O)C=CC=CC1.[Cl-]. The van der Waals surface area contributed by atoms with Crippen LogP contribution < -0.4 is 18.1 Å². The quantitative estimate of drug-likeness (QED) is 0.409. The Kier molecular flexibility index (Phi) is 3.29. The molecule has 1 atom stereocenters. The normalized spacial score (nSPS) is 27.7. The summed E-state index contributed by atoms with van der Waals surface area (Å²) in [6.07, 6.45) is 7.43. The summed E-state index contributed by atoms with van der Waals surface area (Å²) in [7, 11) is 1.78. The molecule has 1 heterocycles. The fourth-order valence-electron chi connectivity index (χ4n) is 0.822. The first-order chi connectivity index (χ1) is 4.65. The van der Waals surface area contributed by atoms with Crippen LogP contribution in [0.25, 0.3) is 0 Å². The Bertz CT molecular complexity index is 212. The van der Waals surface area contributed by atoms with Crippen molar-refractivity contribution in [3.8, 4) is 0 Å². The molecule has 0 aromatic heterocycles. The summed E-state index contributed by atoms with van der Waals surface area (Å²) < 4.78 is 0.177. The van der Waals surface area contributed by atoms with Gasteiger partial charge in [-0.1, -0.05) is 6.08 Å². The maximum atomic E-state index is 10.8. The van der Waals surface area contributed by atoms with Gasteiger partial charge in [-0.2, -0.15) is 0 Å². The van der Waals surface area contributed by atoms with E-state index in [-0.39, 0.29) is 22.9 Å². The third kappa shape index (κ3) is 2.06. The number of hydrogen-bond acceptors (Lipinski definition) is 1. The van der Waals surface area contributed by atoms with E-state index in [1.807, 2.05) is 18.2 Å². The average Bonchev–Trinajstić information content (AvgIpc) is 1.89. The Balaban J connectivity index is 0.000001000. The molecule has 0 aromatic carbocycles. The van der Waals surface area contributed by atoms with E-state index in [1.165, 1.54) is 0 Å². The molecule has 4 heteroatoms. The third-order valence-electron chi connectivity index (χ3n) is 1.65. The minimum atomic E-state index is -0.319. The van der Waals surface area contributed by atoms with Crippen molar-refractivity contribution in [2.75, 3.05) is 13.6 Å². The van der Waals surface area contributed by atoms with Crippen LogP contribution in [-0.2, 0) is 0 Å². The van der Waals surface area contributed by atoms with Crippen LogP contribution in [0.15, 0.2) is 24.4 Å². The Morgan fingerprint density at radius 2 is 2.18 bits per heavy atom. The summed E-state index contributed by atoms with van der Waals surface area (Å²) in [5, 5.41) is 0. The van der Waals surface area contributed by atoms with Crippen LogP contribution in [0.4, 0.5) is 4.79 Å². The number of halogens is 1. The maximum absolute atomic E-state index is 10.8. The first kappa shape index (κ1) is 10.2. The van der Waals surface area contributed by atoms with Crippen LogP contribution in [0.1, 0.15) is 0 Å². The molecule has 0 saturated heterocycles. The third-order valence-corrected chi connectivity index (χ3v) is 1.65. The molecule has 2 amide bonds. The fraction of sp³-hybridized carbons (Fsp3) is 0.286. The molecule has 0 aliphatic carbocycles. The summed E-state index contributed by atoms with van der Waals surface area (Å²) >= 11 is 0. The van der Waals surface area contributed by atoms with Crippen molar-refractivity contribution in [1.29, 1.82) is 0 Å². The molecular weight excluding hydrogens is 164 g/mol. The van der Waals surface area contributed by atoms with Crippen LogP contribution >= 0.6 is 0 Å². The molecule has 11 heavy (non-hydrogen) atoms. The second kappa shape index (κ2) is 3.55. The van der Waals surface area contributed by atoms with Crippen molar-refractivity contribution in [3.63, 3.8) is 0 Å². The maximum Gasteiger partial charge on any atom is 0.418 e. The van der Waals surface area contributed by atoms with Gasteiger partial charge in [0.15, 0.2) is 0 Å². The van der Waals surface area contributed by atoms with Crippen LogP contribution in [0.3, 0.4) is 0 Å². The number of likely N-dealkylation sites (N-methyl/N-ethyl adjacent to an activating group) is 1. The zero-order valence-corrected chi connectivity index (χ0v) is 7.08. The van der Waals surface area contributed by atoms with E-state index in [2.05, 4.69) is 0 Å². The van der Waals surface area contributed by atoms with Gasteiger partial charge < -0.3 is 18.1 Å². The predicted molar refractivity (Wildman–Crippen MR) is 38.9 cm³/mol. The second-order valence-electron chi connectivity index (χ2n) is 2.56. The largest absolute Gasteiger partial charge is 1.00 e. The van der Waals surface area contributed by atoms with Gasteiger partial charge in [0.2, 0.25) is 0 Å². The van der Waals surface area contributed by atoms with E-state index in [4.69, 9.17) is 5.73 Å². The lowest BCUT2D eigenvalue weighted by Crippen LogP contribution is -3.00. The Hall–Kier alpha value is -0.800. The summed E-state index contributed by atoms with van der Waals surface area (Å²) in [6.45, 7) is 0.659. The van der Waals surface area contributed by atoms with E-state index in [0.29, 0.717) is 6.54 Å². The van der Waals surface area contributed by atoms with Gasteiger partial charge in [0.1, 0.15) is 12.7 Å². The molecule has 0 fully saturated rings. The topological polar surface area (TPSA) is 43.1 Å². The van der Waals surface area contributed by atoms with Gasteiger partial charge >= 0.3 is 6.03 Å². The molecule has 3 nitrogen and oxygen atoms in total. The number of carbonyl (C=O) groups is 1. The molecular formula is C7H11ClN2O. The van der Waals surface area contributed by atoms with Crippen LogP contribution in [0.5, 0.6) is 0 Å². The molecule has 0 spiro atoms.